The van der Waals surface area contributed by atoms with Crippen LogP contribution in [0, 0.1) is 12.8 Å². The van der Waals surface area contributed by atoms with Gasteiger partial charge < -0.3 is 10.2 Å². The molecule has 1 N–H and O–H groups in total. The third-order valence-electron chi connectivity index (χ3n) is 7.24. The van der Waals surface area contributed by atoms with E-state index in [1.807, 2.05) is 75.4 Å². The average Bonchev–Trinajstić information content (AvgIpc) is 3.03. The van der Waals surface area contributed by atoms with E-state index in [0.717, 1.165) is 21.0 Å². The second-order valence-electron chi connectivity index (χ2n) is 11.2. The lowest BCUT2D eigenvalue weighted by Crippen LogP contribution is -2.53. The Kier molecular flexibility index (Phi) is 11.7. The number of amides is 2. The van der Waals surface area contributed by atoms with E-state index < -0.39 is 28.5 Å². The molecule has 1 atom stereocenters. The third-order valence-corrected chi connectivity index (χ3v) is 9.82. The highest BCUT2D eigenvalue weighted by Crippen LogP contribution is 2.35. The van der Waals surface area contributed by atoms with Gasteiger partial charge in [0, 0.05) is 19.5 Å². The second-order valence-corrected chi connectivity index (χ2v) is 13.9. The SMILES string of the molecule is Cc1ccc(CN(C(=O)CN(c2cccc(Cl)c2Cl)S(=O)(=O)c2ccccc2)[C@@H](Cc2ccccc2)C(=O)NCC(C)C)cc1. The van der Waals surface area contributed by atoms with Crippen LogP contribution in [-0.4, -0.2) is 44.3 Å². The van der Waals surface area contributed by atoms with E-state index in [4.69, 9.17) is 23.2 Å². The summed E-state index contributed by atoms with van der Waals surface area (Å²) in [6, 6.07) is 28.6. The number of nitrogens with one attached hydrogen (secondary N) is 1. The van der Waals surface area contributed by atoms with Gasteiger partial charge in [-0.05, 0) is 48.2 Å². The zero-order chi connectivity index (χ0) is 32.6. The van der Waals surface area contributed by atoms with Crippen LogP contribution in [0.3, 0.4) is 0 Å². The van der Waals surface area contributed by atoms with Crippen LogP contribution < -0.4 is 9.62 Å². The molecule has 7 nitrogen and oxygen atoms in total. The van der Waals surface area contributed by atoms with Crippen molar-refractivity contribution in [1.82, 2.24) is 10.2 Å². The molecule has 10 heteroatoms. The summed E-state index contributed by atoms with van der Waals surface area (Å²) in [4.78, 5) is 29.8. The van der Waals surface area contributed by atoms with Crippen molar-refractivity contribution >= 4 is 50.7 Å². The molecule has 0 aliphatic heterocycles. The van der Waals surface area contributed by atoms with E-state index in [-0.39, 0.29) is 45.4 Å². The number of aryl methyl sites for hydroxylation is 1. The molecular weight excluding hydrogens is 629 g/mol. The van der Waals surface area contributed by atoms with Crippen molar-refractivity contribution in [3.05, 3.63) is 130 Å². The predicted molar refractivity (Wildman–Crippen MR) is 181 cm³/mol. The molecule has 236 valence electrons. The van der Waals surface area contributed by atoms with Gasteiger partial charge in [-0.3, -0.25) is 13.9 Å². The number of sulfonamides is 1. The Morgan fingerprint density at radius 3 is 2.04 bits per heavy atom. The standard InChI is InChI=1S/C35H37Cl2N3O4S/c1-25(2)22-38-35(42)32(21-27-11-6-4-7-12-27)39(23-28-19-17-26(3)18-20-28)33(41)24-40(31-16-10-15-30(36)34(31)37)45(43,44)29-13-8-5-9-14-29/h4-20,25,32H,21-24H2,1-3H3,(H,38,42)/t32-/m0/s1. The summed E-state index contributed by atoms with van der Waals surface area (Å²) in [5.41, 5.74) is 2.75. The van der Waals surface area contributed by atoms with Crippen LogP contribution in [0.25, 0.3) is 0 Å². The quantitative estimate of drug-likeness (QED) is 0.168. The van der Waals surface area contributed by atoms with Gasteiger partial charge in [-0.1, -0.05) is 121 Å². The minimum atomic E-state index is -4.28. The largest absolute Gasteiger partial charge is 0.354 e. The maximum absolute atomic E-state index is 14.5. The highest BCUT2D eigenvalue weighted by Gasteiger charge is 2.35. The number of carbonyl (C=O) groups is 2. The number of hydrogen-bond donors (Lipinski definition) is 1. The Hall–Kier alpha value is -3.85. The first kappa shape index (κ1) is 34.0. The smallest absolute Gasteiger partial charge is 0.264 e. The van der Waals surface area contributed by atoms with Crippen molar-refractivity contribution in [2.24, 2.45) is 5.92 Å². The monoisotopic (exact) mass is 665 g/mol. The van der Waals surface area contributed by atoms with E-state index in [9.17, 15) is 18.0 Å². The molecule has 0 fully saturated rings. The lowest BCUT2D eigenvalue weighted by Gasteiger charge is -2.34. The van der Waals surface area contributed by atoms with Gasteiger partial charge in [-0.25, -0.2) is 8.42 Å². The van der Waals surface area contributed by atoms with Crippen molar-refractivity contribution in [3.8, 4) is 0 Å². The summed E-state index contributed by atoms with van der Waals surface area (Å²) >= 11 is 12.9. The van der Waals surface area contributed by atoms with Gasteiger partial charge in [-0.2, -0.15) is 0 Å². The maximum Gasteiger partial charge on any atom is 0.264 e. The summed E-state index contributed by atoms with van der Waals surface area (Å²) in [5, 5.41) is 3.12. The fourth-order valence-electron chi connectivity index (χ4n) is 4.78. The molecule has 0 saturated carbocycles. The summed E-state index contributed by atoms with van der Waals surface area (Å²) in [6.45, 7) is 5.82. The minimum Gasteiger partial charge on any atom is -0.354 e. The molecule has 45 heavy (non-hydrogen) atoms. The lowest BCUT2D eigenvalue weighted by atomic mass is 10.0. The Bertz CT molecular complexity index is 1700. The van der Waals surface area contributed by atoms with E-state index in [0.29, 0.717) is 6.54 Å². The molecule has 0 radical (unpaired) electrons. The fourth-order valence-corrected chi connectivity index (χ4v) is 6.68. The maximum atomic E-state index is 14.5. The van der Waals surface area contributed by atoms with Crippen molar-refractivity contribution in [1.29, 1.82) is 0 Å². The predicted octanol–water partition coefficient (Wildman–Crippen LogP) is 6.91. The van der Waals surface area contributed by atoms with E-state index in [2.05, 4.69) is 5.32 Å². The van der Waals surface area contributed by atoms with Gasteiger partial charge in [0.05, 0.1) is 20.6 Å². The molecule has 0 saturated heterocycles. The molecule has 4 rings (SSSR count). The first-order chi connectivity index (χ1) is 21.5. The highest BCUT2D eigenvalue weighted by molar-refractivity contribution is 7.92. The van der Waals surface area contributed by atoms with Crippen LogP contribution in [-0.2, 0) is 32.6 Å². The third kappa shape index (κ3) is 8.87. The number of benzene rings is 4. The van der Waals surface area contributed by atoms with Gasteiger partial charge in [0.25, 0.3) is 10.0 Å². The minimum absolute atomic E-state index is 0.00734. The molecule has 0 aliphatic carbocycles. The zero-order valence-electron chi connectivity index (χ0n) is 25.5. The molecule has 0 bridgehead atoms. The van der Waals surface area contributed by atoms with Crippen LogP contribution in [0.1, 0.15) is 30.5 Å². The summed E-state index contributed by atoms with van der Waals surface area (Å²) < 4.78 is 29.2. The first-order valence-electron chi connectivity index (χ1n) is 14.7. The highest BCUT2D eigenvalue weighted by atomic mass is 35.5. The van der Waals surface area contributed by atoms with Gasteiger partial charge in [0.1, 0.15) is 12.6 Å². The zero-order valence-corrected chi connectivity index (χ0v) is 27.8. The van der Waals surface area contributed by atoms with Gasteiger partial charge >= 0.3 is 0 Å². The molecule has 0 spiro atoms. The first-order valence-corrected chi connectivity index (χ1v) is 16.9. The Labute approximate surface area is 275 Å². The van der Waals surface area contributed by atoms with Crippen molar-refractivity contribution < 1.29 is 18.0 Å². The number of nitrogens with zero attached hydrogens (tertiary/aromatic N) is 2. The van der Waals surface area contributed by atoms with E-state index in [1.54, 1.807) is 30.3 Å². The van der Waals surface area contributed by atoms with Crippen LogP contribution in [0.5, 0.6) is 0 Å². The number of anilines is 1. The summed E-state index contributed by atoms with van der Waals surface area (Å²) in [5.74, 6) is -0.720. The number of carbonyl (C=O) groups excluding carboxylic acids is 2. The molecular formula is C35H37Cl2N3O4S. The van der Waals surface area contributed by atoms with Crippen molar-refractivity contribution in [2.75, 3.05) is 17.4 Å². The van der Waals surface area contributed by atoms with E-state index in [1.165, 1.54) is 23.1 Å². The van der Waals surface area contributed by atoms with Gasteiger partial charge in [-0.15, -0.1) is 0 Å². The van der Waals surface area contributed by atoms with Crippen LogP contribution in [0.15, 0.2) is 108 Å². The molecule has 4 aromatic carbocycles. The van der Waals surface area contributed by atoms with Gasteiger partial charge in [0.2, 0.25) is 11.8 Å². The van der Waals surface area contributed by atoms with Crippen LogP contribution >= 0.6 is 23.2 Å². The topological polar surface area (TPSA) is 86.8 Å². The van der Waals surface area contributed by atoms with Crippen molar-refractivity contribution in [3.63, 3.8) is 0 Å². The summed E-state index contributed by atoms with van der Waals surface area (Å²) in [6.07, 6.45) is 0.228. The molecule has 0 heterocycles. The Balaban J connectivity index is 1.82. The van der Waals surface area contributed by atoms with Crippen LogP contribution in [0.2, 0.25) is 10.0 Å². The lowest BCUT2D eigenvalue weighted by molar-refractivity contribution is -0.140. The Morgan fingerprint density at radius 2 is 1.42 bits per heavy atom. The van der Waals surface area contributed by atoms with Gasteiger partial charge in [0.15, 0.2) is 0 Å². The van der Waals surface area contributed by atoms with Crippen molar-refractivity contribution in [2.45, 2.75) is 44.7 Å². The Morgan fingerprint density at radius 1 is 0.800 bits per heavy atom. The average molecular weight is 667 g/mol. The number of halogens is 2. The summed E-state index contributed by atoms with van der Waals surface area (Å²) in [7, 11) is -4.28. The molecule has 0 aliphatic rings. The number of hydrogen-bond acceptors (Lipinski definition) is 4. The van der Waals surface area contributed by atoms with Crippen LogP contribution in [0.4, 0.5) is 5.69 Å². The normalized spacial score (nSPS) is 12.0. The number of rotatable bonds is 13. The molecule has 0 aromatic heterocycles. The second kappa shape index (κ2) is 15.4. The molecule has 0 unspecified atom stereocenters. The molecule has 4 aromatic rings. The molecule has 2 amide bonds. The fraction of sp³-hybridized carbons (Fsp3) is 0.257. The van der Waals surface area contributed by atoms with E-state index >= 15 is 0 Å².